The van der Waals surface area contributed by atoms with E-state index in [0.29, 0.717) is 12.7 Å². The average Bonchev–Trinajstić information content (AvgIpc) is 3.42. The summed E-state index contributed by atoms with van der Waals surface area (Å²) in [5, 5.41) is 4.02. The van der Waals surface area contributed by atoms with Crippen molar-refractivity contribution in [1.82, 2.24) is 4.98 Å². The van der Waals surface area contributed by atoms with Crippen LogP contribution in [0.5, 0.6) is 5.88 Å². The van der Waals surface area contributed by atoms with E-state index in [1.165, 1.54) is 11.4 Å². The number of amides is 1. The quantitative estimate of drug-likeness (QED) is 0.511. The van der Waals surface area contributed by atoms with Gasteiger partial charge in [0.2, 0.25) is 11.8 Å². The van der Waals surface area contributed by atoms with E-state index in [1.54, 1.807) is 0 Å². The summed E-state index contributed by atoms with van der Waals surface area (Å²) in [5.41, 5.74) is -1.24. The highest BCUT2D eigenvalue weighted by atomic mass is 32.2. The van der Waals surface area contributed by atoms with Crippen LogP contribution >= 0.6 is 11.3 Å². The molecule has 1 aromatic carbocycles. The first-order valence-electron chi connectivity index (χ1n) is 10.3. The van der Waals surface area contributed by atoms with Gasteiger partial charge >= 0.3 is 12.3 Å². The van der Waals surface area contributed by atoms with Crippen LogP contribution < -0.4 is 10.1 Å². The Kier molecular flexibility index (Phi) is 7.86. The van der Waals surface area contributed by atoms with Gasteiger partial charge in [0.1, 0.15) is 0 Å². The van der Waals surface area contributed by atoms with Gasteiger partial charge in [0.05, 0.1) is 28.9 Å². The van der Waals surface area contributed by atoms with E-state index < -0.39 is 44.5 Å². The number of rotatable bonds is 7. The van der Waals surface area contributed by atoms with Crippen LogP contribution in [0.1, 0.15) is 49.1 Å². The van der Waals surface area contributed by atoms with Crippen molar-refractivity contribution in [3.63, 3.8) is 0 Å². The summed E-state index contributed by atoms with van der Waals surface area (Å²) in [6, 6.07) is 2.88. The van der Waals surface area contributed by atoms with Gasteiger partial charge in [0.15, 0.2) is 15.0 Å². The third kappa shape index (κ3) is 6.47. The van der Waals surface area contributed by atoms with Gasteiger partial charge in [-0.1, -0.05) is 31.7 Å². The van der Waals surface area contributed by atoms with E-state index in [1.807, 2.05) is 0 Å². The lowest BCUT2D eigenvalue weighted by Crippen LogP contribution is -2.24. The number of carbonyl (C=O) groups is 2. The average molecular weight is 521 g/mol. The second kappa shape index (κ2) is 10.3. The van der Waals surface area contributed by atoms with Gasteiger partial charge in [0.25, 0.3) is 0 Å². The van der Waals surface area contributed by atoms with Gasteiger partial charge < -0.3 is 14.8 Å². The maximum Gasteiger partial charge on any atom is 0.514 e. The number of methoxy groups -OCH3 is 1. The summed E-state index contributed by atoms with van der Waals surface area (Å²) in [5.74, 6) is -1.51. The van der Waals surface area contributed by atoms with Crippen LogP contribution in [-0.4, -0.2) is 38.8 Å². The fraction of sp³-hybridized carbons (Fsp3) is 0.476. The number of halogens is 3. The number of thiazole rings is 1. The lowest BCUT2D eigenvalue weighted by Gasteiger charge is -2.22. The first kappa shape index (κ1) is 25.9. The molecular weight excluding hydrogens is 497 g/mol. The molecule has 1 heterocycles. The fourth-order valence-corrected chi connectivity index (χ4v) is 5.47. The first-order valence-corrected chi connectivity index (χ1v) is 13.1. The predicted octanol–water partition coefficient (Wildman–Crippen LogP) is 5.01. The molecule has 1 fully saturated rings. The molecule has 186 valence electrons. The number of nitrogens with one attached hydrogen (secondary N) is 1. The number of anilines is 1. The van der Waals surface area contributed by atoms with Crippen molar-refractivity contribution in [1.29, 1.82) is 0 Å². The van der Waals surface area contributed by atoms with Crippen LogP contribution in [0.4, 0.5) is 23.1 Å². The van der Waals surface area contributed by atoms with Crippen LogP contribution in [0.2, 0.25) is 0 Å². The lowest BCUT2D eigenvalue weighted by molar-refractivity contribution is -0.140. The normalized spacial score (nSPS) is 15.7. The molecular formula is C21H23F3N2O6S2. The van der Waals surface area contributed by atoms with Crippen LogP contribution in [0.25, 0.3) is 0 Å². The molecule has 1 amide bonds. The summed E-state index contributed by atoms with van der Waals surface area (Å²) >= 11 is 0.964. The molecule has 0 bridgehead atoms. The van der Waals surface area contributed by atoms with Crippen molar-refractivity contribution in [3.8, 4) is 5.88 Å². The standard InChI is InChI=1S/C21H23F3N2O6S2/c1-31-20(28)32-17-11-33-19(25-17)26-18(27)14(9-12-5-3-4-6-12)13-7-8-16(34(2,29)30)15(10-13)21(22,23)24/h7-8,10-12,14H,3-6,9H2,1-2H3,(H,25,26,27). The van der Waals surface area contributed by atoms with Crippen LogP contribution in [0.3, 0.4) is 0 Å². The van der Waals surface area contributed by atoms with Crippen LogP contribution in [0, 0.1) is 5.92 Å². The maximum atomic E-state index is 13.7. The van der Waals surface area contributed by atoms with Crippen LogP contribution in [-0.2, 0) is 25.5 Å². The number of hydrogen-bond donors (Lipinski definition) is 1. The van der Waals surface area contributed by atoms with Gasteiger partial charge in [-0.25, -0.2) is 13.2 Å². The molecule has 8 nitrogen and oxygen atoms in total. The van der Waals surface area contributed by atoms with Crippen molar-refractivity contribution < 1.29 is 40.7 Å². The van der Waals surface area contributed by atoms with E-state index >= 15 is 0 Å². The molecule has 2 aromatic rings. The van der Waals surface area contributed by atoms with E-state index in [0.717, 1.165) is 56.3 Å². The Hall–Kier alpha value is -2.67. The van der Waals surface area contributed by atoms with Crippen LogP contribution in [0.15, 0.2) is 28.5 Å². The minimum Gasteiger partial charge on any atom is -0.437 e. The molecule has 1 atom stereocenters. The number of aromatic nitrogens is 1. The zero-order valence-corrected chi connectivity index (χ0v) is 20.0. The molecule has 1 unspecified atom stereocenters. The molecule has 1 saturated carbocycles. The zero-order valence-electron chi connectivity index (χ0n) is 18.3. The number of nitrogens with zero attached hydrogens (tertiary/aromatic N) is 1. The highest BCUT2D eigenvalue weighted by molar-refractivity contribution is 7.90. The van der Waals surface area contributed by atoms with Crippen molar-refractivity contribution in [3.05, 3.63) is 34.7 Å². The largest absolute Gasteiger partial charge is 0.514 e. The highest BCUT2D eigenvalue weighted by Crippen LogP contribution is 2.39. The predicted molar refractivity (Wildman–Crippen MR) is 118 cm³/mol. The number of carbonyl (C=O) groups excluding carboxylic acids is 2. The Balaban J connectivity index is 1.93. The number of alkyl halides is 3. The Morgan fingerprint density at radius 3 is 2.53 bits per heavy atom. The Morgan fingerprint density at radius 2 is 1.94 bits per heavy atom. The maximum absolute atomic E-state index is 13.7. The van der Waals surface area contributed by atoms with E-state index in [9.17, 15) is 31.2 Å². The van der Waals surface area contributed by atoms with Gasteiger partial charge in [-0.2, -0.15) is 18.2 Å². The van der Waals surface area contributed by atoms with Gasteiger partial charge in [-0.3, -0.25) is 4.79 Å². The zero-order chi connectivity index (χ0) is 25.1. The Labute approximate surface area is 198 Å². The first-order chi connectivity index (χ1) is 15.9. The van der Waals surface area contributed by atoms with Gasteiger partial charge in [-0.05, 0) is 30.0 Å². The van der Waals surface area contributed by atoms with Crippen molar-refractivity contribution in [2.24, 2.45) is 5.92 Å². The minimum atomic E-state index is -4.92. The summed E-state index contributed by atoms with van der Waals surface area (Å²) in [7, 11) is -3.02. The fourth-order valence-electron chi connectivity index (χ4n) is 3.97. The summed E-state index contributed by atoms with van der Waals surface area (Å²) < 4.78 is 74.0. The number of sulfone groups is 1. The molecule has 0 spiro atoms. The molecule has 1 aliphatic carbocycles. The van der Waals surface area contributed by atoms with Gasteiger partial charge in [0, 0.05) is 6.26 Å². The second-order valence-corrected chi connectivity index (χ2v) is 10.8. The molecule has 1 aromatic heterocycles. The van der Waals surface area contributed by atoms with Crippen molar-refractivity contribution >= 4 is 38.4 Å². The third-order valence-electron chi connectivity index (χ3n) is 5.54. The van der Waals surface area contributed by atoms with Gasteiger partial charge in [-0.15, -0.1) is 11.3 Å². The topological polar surface area (TPSA) is 112 Å². The molecule has 13 heteroatoms. The smallest absolute Gasteiger partial charge is 0.437 e. The third-order valence-corrected chi connectivity index (χ3v) is 7.43. The number of hydrogen-bond acceptors (Lipinski definition) is 8. The number of benzene rings is 1. The van der Waals surface area contributed by atoms with E-state index in [4.69, 9.17) is 4.74 Å². The van der Waals surface area contributed by atoms with E-state index in [-0.39, 0.29) is 22.5 Å². The molecule has 1 N–H and O–H groups in total. The molecule has 0 radical (unpaired) electrons. The molecule has 0 saturated heterocycles. The SMILES string of the molecule is COC(=O)Oc1csc(NC(=O)C(CC2CCCC2)c2ccc(S(C)(=O)=O)c(C(F)(F)F)c2)n1. The lowest BCUT2D eigenvalue weighted by atomic mass is 9.86. The summed E-state index contributed by atoms with van der Waals surface area (Å²) in [4.78, 5) is 27.5. The summed E-state index contributed by atoms with van der Waals surface area (Å²) in [6.07, 6.45) is -1.25. The second-order valence-electron chi connectivity index (χ2n) is 8.00. The summed E-state index contributed by atoms with van der Waals surface area (Å²) in [6.45, 7) is 0. The minimum absolute atomic E-state index is 0.0618. The van der Waals surface area contributed by atoms with E-state index in [2.05, 4.69) is 15.0 Å². The molecule has 3 rings (SSSR count). The highest BCUT2D eigenvalue weighted by Gasteiger charge is 2.38. The van der Waals surface area contributed by atoms with Crippen molar-refractivity contribution in [2.75, 3.05) is 18.7 Å². The Bertz CT molecular complexity index is 1160. The molecule has 34 heavy (non-hydrogen) atoms. The monoisotopic (exact) mass is 520 g/mol. The Morgan fingerprint density at radius 1 is 1.26 bits per heavy atom. The molecule has 1 aliphatic rings. The molecule has 0 aliphatic heterocycles. The number of ether oxygens (including phenoxy) is 2. The van der Waals surface area contributed by atoms with Crippen molar-refractivity contribution in [2.45, 2.75) is 49.1 Å².